The van der Waals surface area contributed by atoms with Gasteiger partial charge < -0.3 is 45.8 Å². The van der Waals surface area contributed by atoms with Gasteiger partial charge in [0.05, 0.1) is 209 Å². The lowest BCUT2D eigenvalue weighted by Gasteiger charge is -2.36. The number of rotatable bonds is 56. The number of quaternary nitrogens is 8. The lowest BCUT2D eigenvalue weighted by molar-refractivity contribution is -0.920. The number of fused-ring (bicyclic) bond motifs is 20. The van der Waals surface area contributed by atoms with Gasteiger partial charge >= 0.3 is 0 Å². The molecule has 0 amide bonds. The number of thioether (sulfide) groups is 8. The van der Waals surface area contributed by atoms with Gasteiger partial charge in [0.15, 0.2) is 45.9 Å². The van der Waals surface area contributed by atoms with Crippen LogP contribution in [0.25, 0.3) is 90.7 Å². The first-order chi connectivity index (χ1) is 57.9. The van der Waals surface area contributed by atoms with Crippen LogP contribution in [0.1, 0.15) is 166 Å². The van der Waals surface area contributed by atoms with Crippen LogP contribution in [0, 0.1) is 0 Å². The van der Waals surface area contributed by atoms with Crippen molar-refractivity contribution in [3.8, 4) is 46.1 Å². The summed E-state index contributed by atoms with van der Waals surface area (Å²) in [6, 6.07) is 0. The van der Waals surface area contributed by atoms with E-state index in [-0.39, 0.29) is 0 Å². The molecule has 0 spiro atoms. The SMILES string of the molecule is CC[N+](CC)(CC)CCSc1nc2c(nc1SCC[N+](CC)(CC)CC)-c1nc-2nc2[nH]c(nc3nc(nc4[nH]c(n1)c1nc(SCC[N+](CC)(CC)CC)c(SCC[N+](CC)(CC)CC)nc41)-c1nc(SCC[N+](CC)(CC)CC)c(SCC[N+](CC)(CC)CC)nc1-3)c1nc(SCC[N+](CC)(CC)CC)c(SCC[N+](CC)(CC)CC)nc21. The molecule has 2 N–H and O–H groups in total. The van der Waals surface area contributed by atoms with Gasteiger partial charge in [-0.05, 0) is 166 Å². The maximum atomic E-state index is 5.82. The summed E-state index contributed by atoms with van der Waals surface area (Å²) in [6.45, 7) is 89.2. The highest BCUT2D eigenvalue weighted by Gasteiger charge is 2.35. The van der Waals surface area contributed by atoms with Crippen LogP contribution >= 0.6 is 94.1 Å². The van der Waals surface area contributed by atoms with Crippen LogP contribution < -0.4 is 0 Å². The van der Waals surface area contributed by atoms with Crippen LogP contribution in [0.15, 0.2) is 40.2 Å². The molecule has 24 nitrogen and oxygen atoms in total. The minimum Gasteiger partial charge on any atom is -0.324 e. The molecule has 0 fully saturated rings. The summed E-state index contributed by atoms with van der Waals surface area (Å²) in [4.78, 5) is 88.3. The summed E-state index contributed by atoms with van der Waals surface area (Å²) in [6.07, 6.45) is 0. The summed E-state index contributed by atoms with van der Waals surface area (Å²) in [5.41, 5.74) is 6.30. The first-order valence-corrected chi connectivity index (χ1v) is 54.2. The van der Waals surface area contributed by atoms with E-state index in [1.54, 1.807) is 94.1 Å². The molecule has 0 saturated carbocycles. The van der Waals surface area contributed by atoms with Gasteiger partial charge in [-0.2, -0.15) is 0 Å². The fraction of sp³-hybridized carbons (Fsp3) is 0.727. The Hall–Kier alpha value is -3.84. The van der Waals surface area contributed by atoms with Crippen molar-refractivity contribution in [2.24, 2.45) is 0 Å². The van der Waals surface area contributed by atoms with Crippen LogP contribution in [-0.4, -0.2) is 371 Å². The van der Waals surface area contributed by atoms with E-state index in [0.717, 1.165) is 332 Å². The molecule has 666 valence electrons. The van der Waals surface area contributed by atoms with Crippen LogP contribution in [0.5, 0.6) is 0 Å². The maximum absolute atomic E-state index is 5.82. The monoisotopic (exact) mass is 1800 g/mol. The lowest BCUT2D eigenvalue weighted by atomic mass is 10.3. The molecule has 7 aromatic heterocycles. The maximum Gasteiger partial charge on any atom is 0.184 e. The molecule has 32 heteroatoms. The van der Waals surface area contributed by atoms with Crippen molar-refractivity contribution >= 4 is 139 Å². The molecule has 0 unspecified atom stereocenters. The Labute approximate surface area is 756 Å². The highest BCUT2D eigenvalue weighted by Crippen LogP contribution is 2.43. The van der Waals surface area contributed by atoms with Crippen molar-refractivity contribution in [2.45, 2.75) is 206 Å². The Morgan fingerprint density at radius 2 is 0.292 bits per heavy atom. The van der Waals surface area contributed by atoms with Crippen LogP contribution in [0.2, 0.25) is 0 Å². The second-order valence-electron chi connectivity index (χ2n) is 32.6. The average molecular weight is 1800 g/mol. The molecule has 2 aliphatic heterocycles. The fourth-order valence-electron chi connectivity index (χ4n) is 17.4. The van der Waals surface area contributed by atoms with E-state index in [2.05, 4.69) is 176 Å². The highest BCUT2D eigenvalue weighted by atomic mass is 32.2. The van der Waals surface area contributed by atoms with Gasteiger partial charge in [-0.1, -0.05) is 94.1 Å². The molecule has 0 saturated heterocycles. The Balaban J connectivity index is 1.46. The van der Waals surface area contributed by atoms with Gasteiger partial charge in [-0.25, -0.2) is 69.8 Å². The van der Waals surface area contributed by atoms with E-state index in [9.17, 15) is 0 Å². The molecular weight excluding hydrogens is 1650 g/mol. The van der Waals surface area contributed by atoms with Gasteiger partial charge in [0.2, 0.25) is 0 Å². The number of nitrogens with one attached hydrogen (secondary N) is 2. The van der Waals surface area contributed by atoms with Gasteiger partial charge in [-0.15, -0.1) is 0 Å². The predicted octanol–water partition coefficient (Wildman–Crippen LogP) is 17.8. The number of aromatic amines is 2. The summed E-state index contributed by atoms with van der Waals surface area (Å²) in [5, 5.41) is 6.99. The van der Waals surface area contributed by atoms with Crippen LogP contribution in [0.4, 0.5) is 0 Å². The van der Waals surface area contributed by atoms with Crippen molar-refractivity contribution in [3.63, 3.8) is 0 Å². The normalized spacial score (nSPS) is 13.3. The molecule has 120 heavy (non-hydrogen) atoms. The van der Waals surface area contributed by atoms with Crippen LogP contribution in [-0.2, 0) is 0 Å². The quantitative estimate of drug-likeness (QED) is 0.0268. The summed E-state index contributed by atoms with van der Waals surface area (Å²) < 4.78 is 8.15. The summed E-state index contributed by atoms with van der Waals surface area (Å²) in [5.74, 6) is 8.37. The molecular formula is C88H154N24S8+8. The van der Waals surface area contributed by atoms with Gasteiger partial charge in [-0.3, -0.25) is 0 Å². The van der Waals surface area contributed by atoms with E-state index >= 15 is 0 Å². The Morgan fingerprint density at radius 1 is 0.167 bits per heavy atom. The molecule has 0 radical (unpaired) electrons. The average Bonchev–Trinajstić information content (AvgIpc) is 1.59. The Morgan fingerprint density at radius 3 is 0.417 bits per heavy atom. The second-order valence-corrected chi connectivity index (χ2v) is 41.3. The number of hydrogen-bond donors (Lipinski definition) is 2. The number of aromatic nitrogens is 16. The third kappa shape index (κ3) is 23.0. The molecule has 2 aliphatic rings. The Bertz CT molecular complexity index is 3980. The van der Waals surface area contributed by atoms with Crippen LogP contribution in [0.3, 0.4) is 0 Å². The van der Waals surface area contributed by atoms with Crippen molar-refractivity contribution in [3.05, 3.63) is 0 Å². The van der Waals surface area contributed by atoms with E-state index in [0.29, 0.717) is 90.7 Å². The topological polar surface area (TPSA) is 212 Å². The number of nitrogens with zero attached hydrogens (tertiary/aromatic N) is 22. The molecule has 9 heterocycles. The second kappa shape index (κ2) is 46.2. The third-order valence-corrected chi connectivity index (χ3v) is 37.5. The first kappa shape index (κ1) is 99.9. The summed E-state index contributed by atoms with van der Waals surface area (Å²) >= 11 is 14.4. The lowest BCUT2D eigenvalue weighted by Crippen LogP contribution is -2.49. The fourth-order valence-corrected chi connectivity index (χ4v) is 26.8. The zero-order valence-electron chi connectivity index (χ0n) is 78.4. The summed E-state index contributed by atoms with van der Waals surface area (Å²) in [7, 11) is 0. The van der Waals surface area contributed by atoms with E-state index in [4.69, 9.17) is 69.8 Å². The standard InChI is InChI=1S/C88H154N24S8/c1-25-105(26-2,27-3)49-57-113-81-82(114-58-50-106(28-4,29-5)30-6)90-66-65(89-81)73-97-74(66)102-76-69-70(94-86(118-62-54-110(40-16,41-17)42-18)85(93-69)117-61-53-109(37-13,38-14)39-15)78(99-76)104-80-72-71(95-87(119-63-55-111(43-19,44-20)45-21)88(96-72)120-64-56-112(46-22,47-23)48-24)79(100-80)103-77-68-67(75(98-77)101-73)91-83(115-59-51-107(31-7,32-8)33-9)84(92-68)116-60-52-108(34-10,35-11)36-12/h25-64H2,1-24H3,(H2,97,98,99,100,101,102,103,104)/q+8. The molecule has 0 atom stereocenters. The van der Waals surface area contributed by atoms with Gasteiger partial charge in [0, 0.05) is 46.0 Å². The molecule has 9 rings (SSSR count). The van der Waals surface area contributed by atoms with E-state index in [1.165, 1.54) is 0 Å². The molecule has 0 aromatic carbocycles. The van der Waals surface area contributed by atoms with Crippen molar-refractivity contribution in [1.82, 2.24) is 79.7 Å². The van der Waals surface area contributed by atoms with Crippen molar-refractivity contribution in [2.75, 3.05) is 255 Å². The largest absolute Gasteiger partial charge is 0.324 e. The number of hydrogen-bond acceptors (Lipinski definition) is 22. The van der Waals surface area contributed by atoms with E-state index < -0.39 is 0 Å². The highest BCUT2D eigenvalue weighted by molar-refractivity contribution is 8.03. The van der Waals surface area contributed by atoms with Crippen molar-refractivity contribution in [1.29, 1.82) is 0 Å². The zero-order chi connectivity index (χ0) is 87.1. The molecule has 8 bridgehead atoms. The number of H-pyrrole nitrogens is 2. The first-order valence-electron chi connectivity index (χ1n) is 46.3. The van der Waals surface area contributed by atoms with Gasteiger partial charge in [0.25, 0.3) is 0 Å². The third-order valence-electron chi connectivity index (χ3n) is 29.4. The van der Waals surface area contributed by atoms with Gasteiger partial charge in [0.1, 0.15) is 85.1 Å². The minimum atomic E-state index is 0.363. The van der Waals surface area contributed by atoms with E-state index in [1.807, 2.05) is 0 Å². The molecule has 7 aromatic rings. The van der Waals surface area contributed by atoms with Crippen molar-refractivity contribution < 1.29 is 35.9 Å². The predicted molar refractivity (Wildman–Crippen MR) is 518 cm³/mol. The smallest absolute Gasteiger partial charge is 0.184 e. The Kier molecular flexibility index (Phi) is 38.5. The zero-order valence-corrected chi connectivity index (χ0v) is 84.9. The molecule has 0 aliphatic carbocycles. The minimum absolute atomic E-state index is 0.363.